The van der Waals surface area contributed by atoms with Crippen molar-refractivity contribution in [3.05, 3.63) is 0 Å². The zero-order valence-corrected chi connectivity index (χ0v) is 10.3. The quantitative estimate of drug-likeness (QED) is 0.637. The Kier molecular flexibility index (Phi) is 3.50. The molecule has 0 aromatic heterocycles. The standard InChI is InChI=1S/C12H23N3O/c1-9-7-14-10(8-13-9)11(16)15-12(2)5-3-4-6-12/h9-10,13-14H,3-8H2,1-2H3,(H,15,16). The first kappa shape index (κ1) is 11.9. The molecule has 1 saturated carbocycles. The van der Waals surface area contributed by atoms with Crippen LogP contribution in [0.3, 0.4) is 0 Å². The minimum Gasteiger partial charge on any atom is -0.350 e. The van der Waals surface area contributed by atoms with Gasteiger partial charge in [-0.2, -0.15) is 0 Å². The van der Waals surface area contributed by atoms with Gasteiger partial charge in [0.2, 0.25) is 5.91 Å². The topological polar surface area (TPSA) is 53.2 Å². The van der Waals surface area contributed by atoms with Crippen LogP contribution in [0.4, 0.5) is 0 Å². The smallest absolute Gasteiger partial charge is 0.238 e. The van der Waals surface area contributed by atoms with Gasteiger partial charge in [-0.25, -0.2) is 0 Å². The molecule has 0 spiro atoms. The van der Waals surface area contributed by atoms with E-state index in [0.717, 1.165) is 25.9 Å². The Morgan fingerprint density at radius 3 is 2.50 bits per heavy atom. The summed E-state index contributed by atoms with van der Waals surface area (Å²) in [5, 5.41) is 9.81. The van der Waals surface area contributed by atoms with E-state index >= 15 is 0 Å². The number of piperazine rings is 1. The normalized spacial score (nSPS) is 33.6. The van der Waals surface area contributed by atoms with Gasteiger partial charge in [0.15, 0.2) is 0 Å². The first-order valence-corrected chi connectivity index (χ1v) is 6.38. The summed E-state index contributed by atoms with van der Waals surface area (Å²) in [6.45, 7) is 5.90. The van der Waals surface area contributed by atoms with Gasteiger partial charge in [-0.15, -0.1) is 0 Å². The molecule has 2 aliphatic rings. The Labute approximate surface area is 97.6 Å². The van der Waals surface area contributed by atoms with E-state index in [9.17, 15) is 4.79 Å². The van der Waals surface area contributed by atoms with Crippen LogP contribution in [0.25, 0.3) is 0 Å². The Morgan fingerprint density at radius 2 is 1.94 bits per heavy atom. The molecule has 4 heteroatoms. The van der Waals surface area contributed by atoms with Crippen LogP contribution in [0, 0.1) is 0 Å². The van der Waals surface area contributed by atoms with Gasteiger partial charge in [0.25, 0.3) is 0 Å². The Hall–Kier alpha value is -0.610. The molecule has 2 unspecified atom stereocenters. The lowest BCUT2D eigenvalue weighted by molar-refractivity contribution is -0.125. The molecule has 1 saturated heterocycles. The molecule has 2 fully saturated rings. The molecule has 2 atom stereocenters. The summed E-state index contributed by atoms with van der Waals surface area (Å²) in [6.07, 6.45) is 4.72. The fraction of sp³-hybridized carbons (Fsp3) is 0.917. The van der Waals surface area contributed by atoms with Crippen molar-refractivity contribution in [3.8, 4) is 0 Å². The highest BCUT2D eigenvalue weighted by molar-refractivity contribution is 5.82. The van der Waals surface area contributed by atoms with Crippen molar-refractivity contribution in [1.29, 1.82) is 0 Å². The molecule has 0 bridgehead atoms. The monoisotopic (exact) mass is 225 g/mol. The van der Waals surface area contributed by atoms with E-state index in [1.807, 2.05) is 0 Å². The number of amides is 1. The van der Waals surface area contributed by atoms with Crippen molar-refractivity contribution in [2.24, 2.45) is 0 Å². The molecule has 1 aliphatic heterocycles. The van der Waals surface area contributed by atoms with Crippen LogP contribution in [-0.2, 0) is 4.79 Å². The summed E-state index contributed by atoms with van der Waals surface area (Å²) < 4.78 is 0. The van der Waals surface area contributed by atoms with Gasteiger partial charge in [-0.05, 0) is 26.7 Å². The van der Waals surface area contributed by atoms with Crippen LogP contribution in [0.15, 0.2) is 0 Å². The average Bonchev–Trinajstić information content (AvgIpc) is 2.65. The molecule has 2 rings (SSSR count). The minimum atomic E-state index is -0.0615. The van der Waals surface area contributed by atoms with Gasteiger partial charge in [0.1, 0.15) is 0 Å². The highest BCUT2D eigenvalue weighted by Gasteiger charge is 2.33. The number of carbonyl (C=O) groups is 1. The summed E-state index contributed by atoms with van der Waals surface area (Å²) in [7, 11) is 0. The van der Waals surface area contributed by atoms with E-state index in [0.29, 0.717) is 6.04 Å². The third kappa shape index (κ3) is 2.74. The van der Waals surface area contributed by atoms with Crippen molar-refractivity contribution in [2.75, 3.05) is 13.1 Å². The summed E-state index contributed by atoms with van der Waals surface area (Å²) in [6, 6.07) is 0.403. The van der Waals surface area contributed by atoms with Crippen molar-refractivity contribution < 1.29 is 4.79 Å². The fourth-order valence-corrected chi connectivity index (χ4v) is 2.63. The SMILES string of the molecule is CC1CNC(C(=O)NC2(C)CCCC2)CN1. The highest BCUT2D eigenvalue weighted by atomic mass is 16.2. The van der Waals surface area contributed by atoms with Gasteiger partial charge >= 0.3 is 0 Å². The maximum absolute atomic E-state index is 12.1. The van der Waals surface area contributed by atoms with E-state index in [1.54, 1.807) is 0 Å². The van der Waals surface area contributed by atoms with E-state index < -0.39 is 0 Å². The van der Waals surface area contributed by atoms with Gasteiger partial charge in [0, 0.05) is 24.7 Å². The predicted molar refractivity (Wildman–Crippen MR) is 64.3 cm³/mol. The second-order valence-corrected chi connectivity index (χ2v) is 5.53. The molecule has 0 aromatic carbocycles. The lowest BCUT2D eigenvalue weighted by atomic mass is 10.00. The molecule has 0 radical (unpaired) electrons. The Bertz CT molecular complexity index is 253. The van der Waals surface area contributed by atoms with Crippen molar-refractivity contribution in [1.82, 2.24) is 16.0 Å². The number of hydrogen-bond donors (Lipinski definition) is 3. The van der Waals surface area contributed by atoms with Crippen molar-refractivity contribution in [2.45, 2.75) is 57.2 Å². The third-order valence-electron chi connectivity index (χ3n) is 3.79. The molecule has 3 N–H and O–H groups in total. The molecular weight excluding hydrogens is 202 g/mol. The third-order valence-corrected chi connectivity index (χ3v) is 3.79. The second kappa shape index (κ2) is 4.72. The molecule has 92 valence electrons. The van der Waals surface area contributed by atoms with Crippen LogP contribution in [0.2, 0.25) is 0 Å². The predicted octanol–water partition coefficient (Wildman–Crippen LogP) is 0.385. The van der Waals surface area contributed by atoms with Gasteiger partial charge in [-0.1, -0.05) is 12.8 Å². The molecular formula is C12H23N3O. The zero-order chi connectivity index (χ0) is 11.6. The van der Waals surface area contributed by atoms with Gasteiger partial charge < -0.3 is 16.0 Å². The molecule has 1 heterocycles. The molecule has 1 aliphatic carbocycles. The van der Waals surface area contributed by atoms with Crippen LogP contribution in [0.5, 0.6) is 0 Å². The zero-order valence-electron chi connectivity index (χ0n) is 10.3. The van der Waals surface area contributed by atoms with Crippen LogP contribution in [-0.4, -0.2) is 36.6 Å². The van der Waals surface area contributed by atoms with E-state index in [2.05, 4.69) is 29.8 Å². The maximum atomic E-state index is 12.1. The number of hydrogen-bond acceptors (Lipinski definition) is 3. The minimum absolute atomic E-state index is 0.0435. The number of nitrogens with one attached hydrogen (secondary N) is 3. The largest absolute Gasteiger partial charge is 0.350 e. The van der Waals surface area contributed by atoms with Crippen molar-refractivity contribution in [3.63, 3.8) is 0 Å². The molecule has 0 aromatic rings. The summed E-state index contributed by atoms with van der Waals surface area (Å²) >= 11 is 0. The average molecular weight is 225 g/mol. The van der Waals surface area contributed by atoms with Crippen molar-refractivity contribution >= 4 is 5.91 Å². The Morgan fingerprint density at radius 1 is 1.25 bits per heavy atom. The van der Waals surface area contributed by atoms with Gasteiger partial charge in [0.05, 0.1) is 6.04 Å². The van der Waals surface area contributed by atoms with E-state index in [-0.39, 0.29) is 17.5 Å². The summed E-state index contributed by atoms with van der Waals surface area (Å²) in [5.74, 6) is 0.156. The fourth-order valence-electron chi connectivity index (χ4n) is 2.63. The van der Waals surface area contributed by atoms with Crippen LogP contribution >= 0.6 is 0 Å². The van der Waals surface area contributed by atoms with Crippen LogP contribution < -0.4 is 16.0 Å². The van der Waals surface area contributed by atoms with Gasteiger partial charge in [-0.3, -0.25) is 4.79 Å². The lowest BCUT2D eigenvalue weighted by Crippen LogP contribution is -2.61. The highest BCUT2D eigenvalue weighted by Crippen LogP contribution is 2.28. The summed E-state index contributed by atoms with van der Waals surface area (Å²) in [4.78, 5) is 12.1. The van der Waals surface area contributed by atoms with Crippen LogP contribution in [0.1, 0.15) is 39.5 Å². The molecule has 1 amide bonds. The Balaban J connectivity index is 1.83. The number of rotatable bonds is 2. The summed E-state index contributed by atoms with van der Waals surface area (Å²) in [5.41, 5.74) is 0.0435. The molecule has 16 heavy (non-hydrogen) atoms. The first-order chi connectivity index (χ1) is 7.59. The second-order valence-electron chi connectivity index (χ2n) is 5.53. The number of carbonyl (C=O) groups excluding carboxylic acids is 1. The first-order valence-electron chi connectivity index (χ1n) is 6.38. The maximum Gasteiger partial charge on any atom is 0.238 e. The van der Waals surface area contributed by atoms with E-state index in [4.69, 9.17) is 0 Å². The molecule has 4 nitrogen and oxygen atoms in total. The lowest BCUT2D eigenvalue weighted by Gasteiger charge is -2.32. The van der Waals surface area contributed by atoms with E-state index in [1.165, 1.54) is 12.8 Å².